The first-order valence-electron chi connectivity index (χ1n) is 11.9. The molecule has 6 nitrogen and oxygen atoms in total. The Kier molecular flexibility index (Phi) is 6.84. The smallest absolute Gasteiger partial charge is 0.253 e. The van der Waals surface area contributed by atoms with E-state index in [0.717, 1.165) is 38.2 Å². The Balaban J connectivity index is 1.31. The number of pyridine rings is 1. The zero-order chi connectivity index (χ0) is 24.5. The lowest BCUT2D eigenvalue weighted by Gasteiger charge is -2.32. The molecule has 0 bridgehead atoms. The van der Waals surface area contributed by atoms with Crippen LogP contribution in [0.4, 0.5) is 4.39 Å². The van der Waals surface area contributed by atoms with Gasteiger partial charge in [0.2, 0.25) is 0 Å². The van der Waals surface area contributed by atoms with Crippen LogP contribution in [-0.2, 0) is 12.1 Å². The fourth-order valence-corrected chi connectivity index (χ4v) is 4.63. The minimum Gasteiger partial charge on any atom is -0.349 e. The number of rotatable bonds is 5. The van der Waals surface area contributed by atoms with Crippen molar-refractivity contribution in [2.75, 3.05) is 13.1 Å². The summed E-state index contributed by atoms with van der Waals surface area (Å²) in [6.45, 7) is 13.5. The van der Waals surface area contributed by atoms with Crippen LogP contribution in [0, 0.1) is 19.7 Å². The molecule has 0 radical (unpaired) electrons. The number of hydrogen-bond acceptors (Lipinski definition) is 4. The number of hydrogen-bond donors (Lipinski definition) is 1. The van der Waals surface area contributed by atoms with Crippen molar-refractivity contribution in [2.24, 2.45) is 0 Å². The Morgan fingerprint density at radius 3 is 2.47 bits per heavy atom. The summed E-state index contributed by atoms with van der Waals surface area (Å²) in [6, 6.07) is 9.94. The first kappa shape index (κ1) is 24.1. The standard InChI is InChI=1S/C27H34FN5O/c1-18-24(19(2)33(31-18)27(3,4)5)17-32-13-11-23(12-14-32)30-26(34)21-9-10-25(29-16-21)20-7-6-8-22(28)15-20/h6-10,15-16,23H,11-14,17H2,1-5H3,(H,30,34). The summed E-state index contributed by atoms with van der Waals surface area (Å²) in [4.78, 5) is 19.5. The number of carbonyl (C=O) groups excluding carboxylic acids is 1. The number of aromatic nitrogens is 3. The second-order valence-corrected chi connectivity index (χ2v) is 10.2. The van der Waals surface area contributed by atoms with Gasteiger partial charge in [0.25, 0.3) is 5.91 Å². The molecule has 180 valence electrons. The summed E-state index contributed by atoms with van der Waals surface area (Å²) in [5.41, 5.74) is 5.45. The van der Waals surface area contributed by atoms with Gasteiger partial charge < -0.3 is 5.32 Å². The summed E-state index contributed by atoms with van der Waals surface area (Å²) >= 11 is 0. The Bertz CT molecular complexity index is 1150. The summed E-state index contributed by atoms with van der Waals surface area (Å²) in [5.74, 6) is -0.421. The Labute approximate surface area is 201 Å². The molecule has 1 amide bonds. The normalized spacial score (nSPS) is 15.5. The molecule has 1 fully saturated rings. The number of halogens is 1. The summed E-state index contributed by atoms with van der Waals surface area (Å²) in [7, 11) is 0. The van der Waals surface area contributed by atoms with Gasteiger partial charge >= 0.3 is 0 Å². The van der Waals surface area contributed by atoms with Crippen molar-refractivity contribution >= 4 is 5.91 Å². The number of benzene rings is 1. The van der Waals surface area contributed by atoms with E-state index in [4.69, 9.17) is 5.10 Å². The molecule has 0 saturated carbocycles. The zero-order valence-electron chi connectivity index (χ0n) is 20.7. The van der Waals surface area contributed by atoms with Gasteiger partial charge in [-0.2, -0.15) is 5.10 Å². The third-order valence-corrected chi connectivity index (χ3v) is 6.53. The predicted molar refractivity (Wildman–Crippen MR) is 132 cm³/mol. The highest BCUT2D eigenvalue weighted by atomic mass is 19.1. The largest absolute Gasteiger partial charge is 0.349 e. The van der Waals surface area contributed by atoms with E-state index >= 15 is 0 Å². The lowest BCUT2D eigenvalue weighted by Crippen LogP contribution is -2.44. The van der Waals surface area contributed by atoms with Gasteiger partial charge in [-0.3, -0.25) is 19.4 Å². The average Bonchev–Trinajstić information content (AvgIpc) is 3.09. The van der Waals surface area contributed by atoms with Crippen molar-refractivity contribution in [3.05, 3.63) is 70.9 Å². The van der Waals surface area contributed by atoms with E-state index < -0.39 is 0 Å². The Morgan fingerprint density at radius 1 is 1.15 bits per heavy atom. The maximum absolute atomic E-state index is 13.5. The maximum Gasteiger partial charge on any atom is 0.253 e. The van der Waals surface area contributed by atoms with Crippen LogP contribution in [0.5, 0.6) is 0 Å². The van der Waals surface area contributed by atoms with Gasteiger partial charge in [0.1, 0.15) is 5.82 Å². The third kappa shape index (κ3) is 5.36. The Hall–Kier alpha value is -3.06. The van der Waals surface area contributed by atoms with Gasteiger partial charge in [0.15, 0.2) is 0 Å². The van der Waals surface area contributed by atoms with Gasteiger partial charge in [-0.25, -0.2) is 4.39 Å². The van der Waals surface area contributed by atoms with Crippen molar-refractivity contribution in [3.63, 3.8) is 0 Å². The average molecular weight is 464 g/mol. The van der Waals surface area contributed by atoms with E-state index in [1.807, 2.05) is 0 Å². The minimum absolute atomic E-state index is 0.0330. The van der Waals surface area contributed by atoms with E-state index in [2.05, 4.69) is 54.5 Å². The fourth-order valence-electron chi connectivity index (χ4n) is 4.63. The summed E-state index contributed by atoms with van der Waals surface area (Å²) in [6.07, 6.45) is 3.38. The molecule has 4 rings (SSSR count). The number of likely N-dealkylation sites (tertiary alicyclic amines) is 1. The molecular weight excluding hydrogens is 429 g/mol. The first-order valence-corrected chi connectivity index (χ1v) is 11.9. The van der Waals surface area contributed by atoms with Crippen LogP contribution in [0.2, 0.25) is 0 Å². The molecule has 34 heavy (non-hydrogen) atoms. The molecule has 1 N–H and O–H groups in total. The van der Waals surface area contributed by atoms with Crippen molar-refractivity contribution in [2.45, 2.75) is 65.6 Å². The second-order valence-electron chi connectivity index (χ2n) is 10.2. The zero-order valence-corrected chi connectivity index (χ0v) is 20.7. The lowest BCUT2D eigenvalue weighted by atomic mass is 10.0. The van der Waals surface area contributed by atoms with E-state index in [-0.39, 0.29) is 23.3 Å². The molecule has 0 spiro atoms. The highest BCUT2D eigenvalue weighted by Gasteiger charge is 2.25. The van der Waals surface area contributed by atoms with Gasteiger partial charge in [0, 0.05) is 48.7 Å². The molecule has 0 aliphatic carbocycles. The van der Waals surface area contributed by atoms with E-state index in [1.165, 1.54) is 23.4 Å². The van der Waals surface area contributed by atoms with E-state index in [1.54, 1.807) is 30.5 Å². The fraction of sp³-hybridized carbons (Fsp3) is 0.444. The SMILES string of the molecule is Cc1nn(C(C)(C)C)c(C)c1CN1CCC(NC(=O)c2ccc(-c3cccc(F)c3)nc2)CC1. The van der Waals surface area contributed by atoms with Crippen LogP contribution in [0.25, 0.3) is 11.3 Å². The van der Waals surface area contributed by atoms with Crippen molar-refractivity contribution in [3.8, 4) is 11.3 Å². The van der Waals surface area contributed by atoms with Crippen molar-refractivity contribution in [1.82, 2.24) is 25.0 Å². The molecule has 0 unspecified atom stereocenters. The number of carbonyl (C=O) groups is 1. The van der Waals surface area contributed by atoms with E-state index in [0.29, 0.717) is 16.8 Å². The van der Waals surface area contributed by atoms with Crippen molar-refractivity contribution in [1.29, 1.82) is 0 Å². The highest BCUT2D eigenvalue weighted by Crippen LogP contribution is 2.24. The molecule has 1 aromatic carbocycles. The molecule has 7 heteroatoms. The molecule has 0 atom stereocenters. The molecule has 2 aromatic heterocycles. The number of aryl methyl sites for hydroxylation is 1. The van der Waals surface area contributed by atoms with Crippen LogP contribution in [0.15, 0.2) is 42.6 Å². The van der Waals surface area contributed by atoms with Gasteiger partial charge in [-0.15, -0.1) is 0 Å². The molecular formula is C27H34FN5O. The van der Waals surface area contributed by atoms with Gasteiger partial charge in [-0.1, -0.05) is 12.1 Å². The van der Waals surface area contributed by atoms with Crippen molar-refractivity contribution < 1.29 is 9.18 Å². The monoisotopic (exact) mass is 463 g/mol. The minimum atomic E-state index is -0.305. The second kappa shape index (κ2) is 9.66. The van der Waals surface area contributed by atoms with Crippen LogP contribution in [0.3, 0.4) is 0 Å². The predicted octanol–water partition coefficient (Wildman–Crippen LogP) is 4.85. The van der Waals surface area contributed by atoms with Crippen LogP contribution in [0.1, 0.15) is 60.9 Å². The van der Waals surface area contributed by atoms with Crippen LogP contribution in [-0.4, -0.2) is 44.7 Å². The summed E-state index contributed by atoms with van der Waals surface area (Å²) in [5, 5.41) is 7.93. The third-order valence-electron chi connectivity index (χ3n) is 6.53. The van der Waals surface area contributed by atoms with Gasteiger partial charge in [-0.05, 0) is 71.7 Å². The number of nitrogens with one attached hydrogen (secondary N) is 1. The quantitative estimate of drug-likeness (QED) is 0.588. The Morgan fingerprint density at radius 2 is 1.88 bits per heavy atom. The van der Waals surface area contributed by atoms with Crippen LogP contribution >= 0.6 is 0 Å². The molecule has 3 heterocycles. The molecule has 1 aliphatic rings. The lowest BCUT2D eigenvalue weighted by molar-refractivity contribution is 0.0908. The molecule has 3 aromatic rings. The van der Waals surface area contributed by atoms with Gasteiger partial charge in [0.05, 0.1) is 22.5 Å². The first-order chi connectivity index (χ1) is 16.1. The summed E-state index contributed by atoms with van der Waals surface area (Å²) < 4.78 is 15.6. The number of piperidine rings is 1. The molecule has 1 aliphatic heterocycles. The van der Waals surface area contributed by atoms with Crippen LogP contribution < -0.4 is 5.32 Å². The topological polar surface area (TPSA) is 63.1 Å². The highest BCUT2D eigenvalue weighted by molar-refractivity contribution is 5.94. The number of amides is 1. The maximum atomic E-state index is 13.5. The number of nitrogens with zero attached hydrogens (tertiary/aromatic N) is 4. The molecule has 1 saturated heterocycles. The van der Waals surface area contributed by atoms with E-state index in [9.17, 15) is 9.18 Å².